The Kier molecular flexibility index (Phi) is 9.13. The fourth-order valence-corrected chi connectivity index (χ4v) is 4.97. The molecule has 5 rings (SSSR count). The first kappa shape index (κ1) is 27.9. The summed E-state index contributed by atoms with van der Waals surface area (Å²) < 4.78 is 6.83. The van der Waals surface area contributed by atoms with Gasteiger partial charge in [-0.3, -0.25) is 4.79 Å². The van der Waals surface area contributed by atoms with Crippen LogP contribution in [-0.4, -0.2) is 17.1 Å². The number of thiazole rings is 1. The number of halogens is 3. The maximum Gasteiger partial charge on any atom is 0.271 e. The van der Waals surface area contributed by atoms with Crippen LogP contribution in [0.3, 0.4) is 0 Å². The number of ether oxygens (including phenoxy) is 1. The van der Waals surface area contributed by atoms with Crippen LogP contribution in [0.25, 0.3) is 11.3 Å². The van der Waals surface area contributed by atoms with E-state index in [0.717, 1.165) is 37.7 Å². The van der Waals surface area contributed by atoms with Gasteiger partial charge < -0.3 is 10.1 Å². The van der Waals surface area contributed by atoms with Crippen molar-refractivity contribution in [2.45, 2.75) is 6.61 Å². The second-order valence-corrected chi connectivity index (χ2v) is 11.2. The normalized spacial score (nSPS) is 11.0. The molecule has 0 bridgehead atoms. The van der Waals surface area contributed by atoms with Crippen LogP contribution < -0.4 is 15.5 Å². The lowest BCUT2D eigenvalue weighted by Crippen LogP contribution is -2.17. The summed E-state index contributed by atoms with van der Waals surface area (Å²) in [6.07, 6.45) is 1.53. The number of anilines is 2. The van der Waals surface area contributed by atoms with Gasteiger partial charge in [0.15, 0.2) is 5.13 Å². The molecule has 0 unspecified atom stereocenters. The SMILES string of the molecule is O=C(N/N=C\c1ccc(OCc2ccc(Br)cc2)c(Cl)c1)c1ccc(-c2csc(Nc3ccc(Cl)cc3)n2)cc1. The first-order valence-electron chi connectivity index (χ1n) is 12.0. The Balaban J connectivity index is 1.14. The number of hydrogen-bond acceptors (Lipinski definition) is 6. The van der Waals surface area contributed by atoms with Crippen LogP contribution in [0.15, 0.2) is 106 Å². The van der Waals surface area contributed by atoms with Crippen molar-refractivity contribution < 1.29 is 9.53 Å². The highest BCUT2D eigenvalue weighted by Gasteiger charge is 2.09. The van der Waals surface area contributed by atoms with Crippen molar-refractivity contribution >= 4 is 73.4 Å². The molecular formula is C30H21BrCl2N4O2S. The molecule has 0 saturated carbocycles. The molecule has 40 heavy (non-hydrogen) atoms. The van der Waals surface area contributed by atoms with Gasteiger partial charge in [-0.1, -0.05) is 63.4 Å². The summed E-state index contributed by atoms with van der Waals surface area (Å²) in [5, 5.41) is 11.2. The van der Waals surface area contributed by atoms with E-state index in [0.29, 0.717) is 28.0 Å². The molecule has 0 aliphatic carbocycles. The number of nitrogens with one attached hydrogen (secondary N) is 2. The second-order valence-electron chi connectivity index (χ2n) is 8.55. The molecule has 10 heteroatoms. The summed E-state index contributed by atoms with van der Waals surface area (Å²) in [6.45, 7) is 0.402. The maximum absolute atomic E-state index is 12.6. The Labute approximate surface area is 253 Å². The molecule has 1 aromatic heterocycles. The Morgan fingerprint density at radius 2 is 1.73 bits per heavy atom. The van der Waals surface area contributed by atoms with E-state index in [1.165, 1.54) is 17.6 Å². The average molecular weight is 652 g/mol. The number of nitrogens with zero attached hydrogens (tertiary/aromatic N) is 2. The van der Waals surface area contributed by atoms with Crippen molar-refractivity contribution in [1.29, 1.82) is 0 Å². The lowest BCUT2D eigenvalue weighted by Gasteiger charge is -2.09. The van der Waals surface area contributed by atoms with E-state index < -0.39 is 0 Å². The van der Waals surface area contributed by atoms with Crippen LogP contribution in [-0.2, 0) is 6.61 Å². The maximum atomic E-state index is 12.6. The highest BCUT2D eigenvalue weighted by Crippen LogP contribution is 2.28. The molecule has 1 heterocycles. The van der Waals surface area contributed by atoms with E-state index in [1.807, 2.05) is 72.1 Å². The monoisotopic (exact) mass is 650 g/mol. The van der Waals surface area contributed by atoms with Crippen molar-refractivity contribution in [3.63, 3.8) is 0 Å². The number of carbonyl (C=O) groups is 1. The summed E-state index contributed by atoms with van der Waals surface area (Å²) in [4.78, 5) is 17.2. The average Bonchev–Trinajstić information content (AvgIpc) is 3.43. The van der Waals surface area contributed by atoms with E-state index in [-0.39, 0.29) is 5.91 Å². The third-order valence-corrected chi connectivity index (χ3v) is 7.52. The van der Waals surface area contributed by atoms with Crippen LogP contribution in [0.4, 0.5) is 10.8 Å². The minimum absolute atomic E-state index is 0.327. The minimum atomic E-state index is -0.327. The Hall–Kier alpha value is -3.69. The van der Waals surface area contributed by atoms with Crippen molar-refractivity contribution in [1.82, 2.24) is 10.4 Å². The molecule has 6 nitrogen and oxygen atoms in total. The molecule has 0 atom stereocenters. The Bertz CT molecular complexity index is 1640. The molecule has 4 aromatic carbocycles. The molecule has 0 spiro atoms. The van der Waals surface area contributed by atoms with E-state index in [1.54, 1.807) is 24.3 Å². The van der Waals surface area contributed by atoms with Gasteiger partial charge >= 0.3 is 0 Å². The molecule has 0 radical (unpaired) electrons. The van der Waals surface area contributed by atoms with Crippen molar-refractivity contribution in [3.8, 4) is 17.0 Å². The van der Waals surface area contributed by atoms with Crippen LogP contribution in [0.2, 0.25) is 10.0 Å². The van der Waals surface area contributed by atoms with Gasteiger partial charge in [0.2, 0.25) is 0 Å². The van der Waals surface area contributed by atoms with Gasteiger partial charge in [0, 0.05) is 31.7 Å². The van der Waals surface area contributed by atoms with Gasteiger partial charge in [0.1, 0.15) is 12.4 Å². The first-order valence-corrected chi connectivity index (χ1v) is 14.4. The number of rotatable bonds is 9. The molecule has 0 saturated heterocycles. The molecule has 1 amide bonds. The van der Waals surface area contributed by atoms with Gasteiger partial charge in [0.05, 0.1) is 16.9 Å². The predicted octanol–water partition coefficient (Wildman–Crippen LogP) is 8.97. The van der Waals surface area contributed by atoms with Crippen LogP contribution in [0.1, 0.15) is 21.5 Å². The number of amides is 1. The second kappa shape index (κ2) is 13.1. The fourth-order valence-electron chi connectivity index (χ4n) is 3.60. The van der Waals surface area contributed by atoms with Crippen molar-refractivity contribution in [2.24, 2.45) is 5.10 Å². The molecule has 0 aliphatic rings. The lowest BCUT2D eigenvalue weighted by atomic mass is 10.1. The molecule has 0 aliphatic heterocycles. The van der Waals surface area contributed by atoms with Crippen molar-refractivity contribution in [3.05, 3.63) is 128 Å². The zero-order valence-electron chi connectivity index (χ0n) is 20.8. The van der Waals surface area contributed by atoms with Crippen LogP contribution in [0.5, 0.6) is 5.75 Å². The van der Waals surface area contributed by atoms with E-state index in [9.17, 15) is 4.79 Å². The van der Waals surface area contributed by atoms with E-state index in [4.69, 9.17) is 27.9 Å². The number of aromatic nitrogens is 1. The summed E-state index contributed by atoms with van der Waals surface area (Å²) in [7, 11) is 0. The lowest BCUT2D eigenvalue weighted by molar-refractivity contribution is 0.0955. The highest BCUT2D eigenvalue weighted by atomic mass is 79.9. The standard InChI is InChI=1S/C30H21BrCl2N4O2S/c31-23-8-1-19(2-9-23)17-39-28-14-3-20(15-26(28)33)16-34-37-29(38)22-6-4-21(5-7-22)27-18-40-30(36-27)35-25-12-10-24(32)11-13-25/h1-16,18H,17H2,(H,35,36)(H,37,38)/b34-16-. The minimum Gasteiger partial charge on any atom is -0.487 e. The van der Waals surface area contributed by atoms with Gasteiger partial charge in [0.25, 0.3) is 5.91 Å². The molecule has 2 N–H and O–H groups in total. The zero-order valence-corrected chi connectivity index (χ0v) is 24.7. The number of hydrogen-bond donors (Lipinski definition) is 2. The smallest absolute Gasteiger partial charge is 0.271 e. The summed E-state index contributed by atoms with van der Waals surface area (Å²) in [6, 6.07) is 27.8. The molecule has 200 valence electrons. The first-order chi connectivity index (χ1) is 19.4. The quantitative estimate of drug-likeness (QED) is 0.123. The summed E-state index contributed by atoms with van der Waals surface area (Å²) >= 11 is 17.2. The van der Waals surface area contributed by atoms with E-state index >= 15 is 0 Å². The predicted molar refractivity (Wildman–Crippen MR) is 167 cm³/mol. The number of carbonyl (C=O) groups excluding carboxylic acids is 1. The van der Waals surface area contributed by atoms with Gasteiger partial charge in [-0.2, -0.15) is 5.10 Å². The van der Waals surface area contributed by atoms with Gasteiger partial charge in [-0.05, 0) is 77.9 Å². The largest absolute Gasteiger partial charge is 0.487 e. The topological polar surface area (TPSA) is 75.6 Å². The molecular weight excluding hydrogens is 631 g/mol. The molecule has 0 fully saturated rings. The fraction of sp³-hybridized carbons (Fsp3) is 0.0333. The Morgan fingerprint density at radius 3 is 2.45 bits per heavy atom. The van der Waals surface area contributed by atoms with E-state index in [2.05, 4.69) is 36.8 Å². The molecule has 5 aromatic rings. The summed E-state index contributed by atoms with van der Waals surface area (Å²) in [5.74, 6) is 0.241. The third kappa shape index (κ3) is 7.49. The summed E-state index contributed by atoms with van der Waals surface area (Å²) in [5.41, 5.74) is 7.40. The zero-order chi connectivity index (χ0) is 27.9. The highest BCUT2D eigenvalue weighted by molar-refractivity contribution is 9.10. The van der Waals surface area contributed by atoms with Gasteiger partial charge in [-0.25, -0.2) is 10.4 Å². The van der Waals surface area contributed by atoms with Crippen LogP contribution in [0, 0.1) is 0 Å². The van der Waals surface area contributed by atoms with Crippen LogP contribution >= 0.6 is 50.5 Å². The van der Waals surface area contributed by atoms with Crippen molar-refractivity contribution in [2.75, 3.05) is 5.32 Å². The number of hydrazone groups is 1. The third-order valence-electron chi connectivity index (χ3n) is 5.69. The van der Waals surface area contributed by atoms with Gasteiger partial charge in [-0.15, -0.1) is 11.3 Å². The Morgan fingerprint density at radius 1 is 0.975 bits per heavy atom. The number of benzene rings is 4.